The number of hydrogen-bond donors (Lipinski definition) is 1. The maximum atomic E-state index is 10.5. The van der Waals surface area contributed by atoms with E-state index in [-0.39, 0.29) is 0 Å². The molecule has 1 atom stereocenters. The lowest BCUT2D eigenvalue weighted by molar-refractivity contribution is 0.181. The zero-order valence-electron chi connectivity index (χ0n) is 12.2. The minimum atomic E-state index is -0.499. The maximum Gasteiger partial charge on any atom is 0.216 e. The number of hydrogen-bond acceptors (Lipinski definition) is 5. The molecule has 2 aromatic heterocycles. The van der Waals surface area contributed by atoms with Crippen LogP contribution in [0.25, 0.3) is 0 Å². The van der Waals surface area contributed by atoms with Gasteiger partial charge in [-0.3, -0.25) is 0 Å². The molecule has 21 heavy (non-hydrogen) atoms. The second-order valence-electron chi connectivity index (χ2n) is 5.43. The highest BCUT2D eigenvalue weighted by molar-refractivity contribution is 7.12. The number of rotatable bonds is 4. The van der Waals surface area contributed by atoms with Crippen molar-refractivity contribution in [3.63, 3.8) is 0 Å². The van der Waals surface area contributed by atoms with Crippen molar-refractivity contribution in [3.8, 4) is 5.88 Å². The molecule has 0 fully saturated rings. The normalized spacial score (nSPS) is 16.1. The second kappa shape index (κ2) is 6.54. The molecule has 1 unspecified atom stereocenters. The molecule has 0 aromatic carbocycles. The molecule has 4 nitrogen and oxygen atoms in total. The standard InChI is InChI=1S/C16H20N2O2S/c1-20-16-9-12(17-10-18-16)8-13(19)15-7-11-5-3-2-4-6-14(11)21-15/h7,9-10,13,19H,2-6,8H2,1H3. The quantitative estimate of drug-likeness (QED) is 0.882. The minimum Gasteiger partial charge on any atom is -0.481 e. The van der Waals surface area contributed by atoms with E-state index in [4.69, 9.17) is 4.74 Å². The van der Waals surface area contributed by atoms with Crippen LogP contribution in [-0.4, -0.2) is 22.2 Å². The Hall–Kier alpha value is -1.46. The number of aliphatic hydroxyl groups excluding tert-OH is 1. The molecule has 0 spiro atoms. The fraction of sp³-hybridized carbons (Fsp3) is 0.500. The number of aliphatic hydroxyl groups is 1. The van der Waals surface area contributed by atoms with Crippen LogP contribution in [0.1, 0.15) is 46.4 Å². The largest absolute Gasteiger partial charge is 0.481 e. The van der Waals surface area contributed by atoms with Crippen LogP contribution in [0.2, 0.25) is 0 Å². The van der Waals surface area contributed by atoms with Crippen molar-refractivity contribution in [3.05, 3.63) is 39.5 Å². The third-order valence-corrected chi connectivity index (χ3v) is 5.24. The molecule has 0 radical (unpaired) electrons. The van der Waals surface area contributed by atoms with Crippen LogP contribution in [0.4, 0.5) is 0 Å². The smallest absolute Gasteiger partial charge is 0.216 e. The van der Waals surface area contributed by atoms with Crippen molar-refractivity contribution in [1.82, 2.24) is 9.97 Å². The van der Waals surface area contributed by atoms with Crippen molar-refractivity contribution < 1.29 is 9.84 Å². The summed E-state index contributed by atoms with van der Waals surface area (Å²) in [5, 5.41) is 10.5. The molecule has 1 aliphatic rings. The molecule has 112 valence electrons. The predicted molar refractivity (Wildman–Crippen MR) is 82.8 cm³/mol. The van der Waals surface area contributed by atoms with Gasteiger partial charge in [0, 0.05) is 22.2 Å². The van der Waals surface area contributed by atoms with E-state index < -0.39 is 6.10 Å². The van der Waals surface area contributed by atoms with E-state index in [0.29, 0.717) is 12.3 Å². The number of thiophene rings is 1. The number of aryl methyl sites for hydroxylation is 2. The Morgan fingerprint density at radius 1 is 1.24 bits per heavy atom. The van der Waals surface area contributed by atoms with Crippen LogP contribution < -0.4 is 4.74 Å². The predicted octanol–water partition coefficient (Wildman–Crippen LogP) is 3.09. The van der Waals surface area contributed by atoms with Gasteiger partial charge >= 0.3 is 0 Å². The Kier molecular flexibility index (Phi) is 4.51. The van der Waals surface area contributed by atoms with Gasteiger partial charge < -0.3 is 9.84 Å². The van der Waals surface area contributed by atoms with Crippen LogP contribution in [0.3, 0.4) is 0 Å². The molecule has 2 heterocycles. The molecule has 0 amide bonds. The first-order chi connectivity index (χ1) is 10.3. The van der Waals surface area contributed by atoms with Gasteiger partial charge in [-0.25, -0.2) is 9.97 Å². The topological polar surface area (TPSA) is 55.2 Å². The summed E-state index contributed by atoms with van der Waals surface area (Å²) in [6, 6.07) is 3.97. The van der Waals surface area contributed by atoms with Gasteiger partial charge in [0.1, 0.15) is 6.33 Å². The molecule has 0 bridgehead atoms. The fourth-order valence-electron chi connectivity index (χ4n) is 2.75. The van der Waals surface area contributed by atoms with Crippen LogP contribution in [0, 0.1) is 0 Å². The SMILES string of the molecule is COc1cc(CC(O)c2cc3c(s2)CCCCC3)ncn1. The van der Waals surface area contributed by atoms with E-state index in [9.17, 15) is 5.11 Å². The summed E-state index contributed by atoms with van der Waals surface area (Å²) in [5.74, 6) is 0.536. The lowest BCUT2D eigenvalue weighted by Crippen LogP contribution is -2.02. The number of fused-ring (bicyclic) bond motifs is 1. The Labute approximate surface area is 128 Å². The first-order valence-corrected chi connectivity index (χ1v) is 8.22. The first-order valence-electron chi connectivity index (χ1n) is 7.40. The van der Waals surface area contributed by atoms with E-state index in [1.54, 1.807) is 24.5 Å². The molecule has 1 aliphatic carbocycles. The Balaban J connectivity index is 1.74. The van der Waals surface area contributed by atoms with Crippen LogP contribution in [-0.2, 0) is 19.3 Å². The second-order valence-corrected chi connectivity index (χ2v) is 6.60. The lowest BCUT2D eigenvalue weighted by Gasteiger charge is -2.08. The molecule has 0 aliphatic heterocycles. The van der Waals surface area contributed by atoms with Gasteiger partial charge in [0.2, 0.25) is 5.88 Å². The molecule has 0 saturated carbocycles. The molecule has 5 heteroatoms. The van der Waals surface area contributed by atoms with Gasteiger partial charge in [-0.1, -0.05) is 6.42 Å². The van der Waals surface area contributed by atoms with Gasteiger partial charge in [0.15, 0.2) is 0 Å². The Morgan fingerprint density at radius 3 is 2.95 bits per heavy atom. The minimum absolute atomic E-state index is 0.498. The van der Waals surface area contributed by atoms with Crippen molar-refractivity contribution >= 4 is 11.3 Å². The number of methoxy groups -OCH3 is 1. The molecule has 3 rings (SSSR count). The van der Waals surface area contributed by atoms with Gasteiger partial charge in [-0.2, -0.15) is 0 Å². The highest BCUT2D eigenvalue weighted by Gasteiger charge is 2.18. The fourth-order valence-corrected chi connectivity index (χ4v) is 4.00. The molecule has 1 N–H and O–H groups in total. The summed E-state index contributed by atoms with van der Waals surface area (Å²) in [4.78, 5) is 10.7. The summed E-state index contributed by atoms with van der Waals surface area (Å²) in [6.07, 6.45) is 7.65. The summed E-state index contributed by atoms with van der Waals surface area (Å²) in [5.41, 5.74) is 2.24. The van der Waals surface area contributed by atoms with Gasteiger partial charge in [0.05, 0.1) is 18.9 Å². The summed E-state index contributed by atoms with van der Waals surface area (Å²) in [7, 11) is 1.58. The maximum absolute atomic E-state index is 10.5. The van der Waals surface area contributed by atoms with Crippen LogP contribution in [0.15, 0.2) is 18.5 Å². The van der Waals surface area contributed by atoms with Gasteiger partial charge in [0.25, 0.3) is 0 Å². The highest BCUT2D eigenvalue weighted by Crippen LogP contribution is 2.33. The van der Waals surface area contributed by atoms with E-state index >= 15 is 0 Å². The average Bonchev–Trinajstić information content (AvgIpc) is 2.79. The molecule has 2 aromatic rings. The van der Waals surface area contributed by atoms with E-state index in [1.807, 2.05) is 0 Å². The van der Waals surface area contributed by atoms with Gasteiger partial charge in [-0.15, -0.1) is 11.3 Å². The van der Waals surface area contributed by atoms with E-state index in [1.165, 1.54) is 36.0 Å². The Morgan fingerprint density at radius 2 is 2.10 bits per heavy atom. The molecular weight excluding hydrogens is 284 g/mol. The number of aromatic nitrogens is 2. The number of ether oxygens (including phenoxy) is 1. The third-order valence-electron chi connectivity index (χ3n) is 3.90. The molecular formula is C16H20N2O2S. The first kappa shape index (κ1) is 14.5. The van der Waals surface area contributed by atoms with Crippen molar-refractivity contribution in [2.24, 2.45) is 0 Å². The summed E-state index contributed by atoms with van der Waals surface area (Å²) >= 11 is 1.76. The van der Waals surface area contributed by atoms with Crippen LogP contribution >= 0.6 is 11.3 Å². The summed E-state index contributed by atoms with van der Waals surface area (Å²) < 4.78 is 5.09. The number of nitrogens with zero attached hydrogens (tertiary/aromatic N) is 2. The lowest BCUT2D eigenvalue weighted by atomic mass is 10.1. The van der Waals surface area contributed by atoms with E-state index in [0.717, 1.165) is 23.4 Å². The molecule has 0 saturated heterocycles. The van der Waals surface area contributed by atoms with Crippen molar-refractivity contribution in [2.75, 3.05) is 7.11 Å². The summed E-state index contributed by atoms with van der Waals surface area (Å²) in [6.45, 7) is 0. The zero-order valence-corrected chi connectivity index (χ0v) is 13.0. The average molecular weight is 304 g/mol. The third kappa shape index (κ3) is 3.41. The van der Waals surface area contributed by atoms with Gasteiger partial charge in [-0.05, 0) is 37.3 Å². The van der Waals surface area contributed by atoms with Crippen LogP contribution in [0.5, 0.6) is 5.88 Å². The van der Waals surface area contributed by atoms with Crippen molar-refractivity contribution in [2.45, 2.75) is 44.6 Å². The van der Waals surface area contributed by atoms with E-state index in [2.05, 4.69) is 16.0 Å². The monoisotopic (exact) mass is 304 g/mol. The highest BCUT2D eigenvalue weighted by atomic mass is 32.1. The Bertz CT molecular complexity index is 589. The zero-order chi connectivity index (χ0) is 14.7. The van der Waals surface area contributed by atoms with Crippen molar-refractivity contribution in [1.29, 1.82) is 0 Å².